The molecule has 1 aliphatic rings. The van der Waals surface area contributed by atoms with Crippen molar-refractivity contribution in [3.8, 4) is 0 Å². The number of hydrogen-bond donors (Lipinski definition) is 1. The van der Waals surface area contributed by atoms with Gasteiger partial charge in [0.05, 0.1) is 0 Å². The van der Waals surface area contributed by atoms with Crippen molar-refractivity contribution in [2.24, 2.45) is 23.7 Å². The van der Waals surface area contributed by atoms with Crippen LogP contribution in [0, 0.1) is 23.7 Å². The Hall–Kier alpha value is -0.0800. The van der Waals surface area contributed by atoms with Gasteiger partial charge in [0.25, 0.3) is 0 Å². The van der Waals surface area contributed by atoms with Crippen molar-refractivity contribution in [1.82, 2.24) is 10.2 Å². The minimum atomic E-state index is 0.808. The predicted molar refractivity (Wildman–Crippen MR) is 80.9 cm³/mol. The highest BCUT2D eigenvalue weighted by atomic mass is 15.2. The summed E-state index contributed by atoms with van der Waals surface area (Å²) in [5, 5.41) is 3.57. The number of likely N-dealkylation sites (tertiary alicyclic amines) is 1. The van der Waals surface area contributed by atoms with Crippen LogP contribution in [0.1, 0.15) is 47.5 Å². The van der Waals surface area contributed by atoms with Gasteiger partial charge in [0.2, 0.25) is 0 Å². The van der Waals surface area contributed by atoms with Crippen molar-refractivity contribution in [2.45, 2.75) is 47.5 Å². The molecule has 1 saturated heterocycles. The lowest BCUT2D eigenvalue weighted by Crippen LogP contribution is -2.34. The Kier molecular flexibility index (Phi) is 7.25. The van der Waals surface area contributed by atoms with Crippen molar-refractivity contribution in [3.05, 3.63) is 0 Å². The molecule has 1 aliphatic heterocycles. The number of nitrogens with zero attached hydrogens (tertiary/aromatic N) is 1. The number of hydrogen-bond acceptors (Lipinski definition) is 2. The molecule has 1 N–H and O–H groups in total. The van der Waals surface area contributed by atoms with Crippen molar-refractivity contribution in [1.29, 1.82) is 0 Å². The van der Waals surface area contributed by atoms with E-state index in [1.165, 1.54) is 45.6 Å². The first-order valence-electron chi connectivity index (χ1n) is 7.97. The molecule has 0 spiro atoms. The summed E-state index contributed by atoms with van der Waals surface area (Å²) in [5.41, 5.74) is 0. The Bertz CT molecular complexity index is 205. The predicted octanol–water partition coefficient (Wildman–Crippen LogP) is 3.24. The molecule has 1 fully saturated rings. The van der Waals surface area contributed by atoms with E-state index in [9.17, 15) is 0 Å². The first-order valence-corrected chi connectivity index (χ1v) is 7.97. The van der Waals surface area contributed by atoms with Gasteiger partial charge < -0.3 is 10.2 Å². The van der Waals surface area contributed by atoms with Crippen molar-refractivity contribution < 1.29 is 0 Å². The molecule has 0 amide bonds. The summed E-state index contributed by atoms with van der Waals surface area (Å²) in [4.78, 5) is 2.70. The Balaban J connectivity index is 2.28. The van der Waals surface area contributed by atoms with Crippen LogP contribution in [0.4, 0.5) is 0 Å². The molecule has 0 aromatic rings. The molecular formula is C16H34N2. The minimum Gasteiger partial charge on any atom is -0.316 e. The largest absolute Gasteiger partial charge is 0.316 e. The number of rotatable bonds is 8. The van der Waals surface area contributed by atoms with Gasteiger partial charge in [-0.05, 0) is 56.1 Å². The average molecular weight is 254 g/mol. The van der Waals surface area contributed by atoms with Gasteiger partial charge in [-0.3, -0.25) is 0 Å². The lowest BCUT2D eigenvalue weighted by molar-refractivity contribution is 0.186. The Morgan fingerprint density at radius 3 is 2.39 bits per heavy atom. The van der Waals surface area contributed by atoms with Crippen LogP contribution in [0.3, 0.4) is 0 Å². The summed E-state index contributed by atoms with van der Waals surface area (Å²) in [6.45, 7) is 18.1. The maximum Gasteiger partial charge on any atom is 0.00224 e. The van der Waals surface area contributed by atoms with Crippen molar-refractivity contribution in [2.75, 3.05) is 32.7 Å². The van der Waals surface area contributed by atoms with Crippen LogP contribution < -0.4 is 5.32 Å². The third-order valence-corrected chi connectivity index (χ3v) is 4.41. The van der Waals surface area contributed by atoms with E-state index in [1.807, 2.05) is 0 Å². The normalized spacial score (nSPS) is 21.7. The fourth-order valence-corrected chi connectivity index (χ4v) is 3.22. The summed E-state index contributed by atoms with van der Waals surface area (Å²) >= 11 is 0. The van der Waals surface area contributed by atoms with Crippen LogP contribution in [-0.2, 0) is 0 Å². The highest BCUT2D eigenvalue weighted by Gasteiger charge is 2.26. The van der Waals surface area contributed by atoms with Gasteiger partial charge in [0, 0.05) is 13.1 Å². The van der Waals surface area contributed by atoms with E-state index in [4.69, 9.17) is 0 Å². The van der Waals surface area contributed by atoms with E-state index in [0.717, 1.165) is 23.7 Å². The molecule has 2 nitrogen and oxygen atoms in total. The quantitative estimate of drug-likeness (QED) is 0.669. The van der Waals surface area contributed by atoms with Crippen LogP contribution in [0.15, 0.2) is 0 Å². The molecule has 1 heterocycles. The number of nitrogens with one attached hydrogen (secondary N) is 1. The van der Waals surface area contributed by atoms with Crippen LogP contribution in [-0.4, -0.2) is 37.6 Å². The van der Waals surface area contributed by atoms with Crippen LogP contribution in [0.2, 0.25) is 0 Å². The zero-order valence-corrected chi connectivity index (χ0v) is 13.2. The van der Waals surface area contributed by atoms with Gasteiger partial charge in [-0.25, -0.2) is 0 Å². The van der Waals surface area contributed by atoms with E-state index in [1.54, 1.807) is 0 Å². The maximum absolute atomic E-state index is 3.57. The Morgan fingerprint density at radius 1 is 1.17 bits per heavy atom. The zero-order valence-electron chi connectivity index (χ0n) is 13.2. The fourth-order valence-electron chi connectivity index (χ4n) is 3.22. The van der Waals surface area contributed by atoms with Gasteiger partial charge in [0.1, 0.15) is 0 Å². The van der Waals surface area contributed by atoms with Crippen molar-refractivity contribution >= 4 is 0 Å². The molecule has 0 saturated carbocycles. The zero-order chi connectivity index (χ0) is 13.5. The summed E-state index contributed by atoms with van der Waals surface area (Å²) in [6.07, 6.45) is 2.64. The van der Waals surface area contributed by atoms with Gasteiger partial charge in [-0.2, -0.15) is 0 Å². The molecule has 0 radical (unpaired) electrons. The highest BCUT2D eigenvalue weighted by molar-refractivity contribution is 4.80. The molecule has 0 bridgehead atoms. The van der Waals surface area contributed by atoms with E-state index in [0.29, 0.717) is 0 Å². The molecule has 0 aromatic carbocycles. The van der Waals surface area contributed by atoms with E-state index < -0.39 is 0 Å². The molecule has 1 unspecified atom stereocenters. The molecule has 108 valence electrons. The smallest absolute Gasteiger partial charge is 0.00224 e. The fraction of sp³-hybridized carbons (Fsp3) is 1.00. The van der Waals surface area contributed by atoms with Crippen LogP contribution >= 0.6 is 0 Å². The van der Waals surface area contributed by atoms with E-state index >= 15 is 0 Å². The first kappa shape index (κ1) is 16.0. The molecule has 18 heavy (non-hydrogen) atoms. The van der Waals surface area contributed by atoms with Crippen molar-refractivity contribution in [3.63, 3.8) is 0 Å². The average Bonchev–Trinajstić information content (AvgIpc) is 2.73. The summed E-state index contributed by atoms with van der Waals surface area (Å²) < 4.78 is 0. The topological polar surface area (TPSA) is 15.3 Å². The molecule has 0 aromatic heterocycles. The monoisotopic (exact) mass is 254 g/mol. The third-order valence-electron chi connectivity index (χ3n) is 4.41. The SMILES string of the molecule is CCCNCC1CCN(CC(C(C)C)C(C)C)C1. The van der Waals surface area contributed by atoms with Crippen LogP contribution in [0.5, 0.6) is 0 Å². The van der Waals surface area contributed by atoms with E-state index in [-0.39, 0.29) is 0 Å². The summed E-state index contributed by atoms with van der Waals surface area (Å²) in [5.74, 6) is 3.36. The van der Waals surface area contributed by atoms with Gasteiger partial charge >= 0.3 is 0 Å². The lowest BCUT2D eigenvalue weighted by Gasteiger charge is -2.29. The first-order chi connectivity index (χ1) is 8.54. The van der Waals surface area contributed by atoms with Gasteiger partial charge in [-0.15, -0.1) is 0 Å². The van der Waals surface area contributed by atoms with E-state index in [2.05, 4.69) is 44.8 Å². The molecule has 0 aliphatic carbocycles. The Morgan fingerprint density at radius 2 is 1.83 bits per heavy atom. The minimum absolute atomic E-state index is 0.808. The highest BCUT2D eigenvalue weighted by Crippen LogP contribution is 2.25. The standard InChI is InChI=1S/C16H34N2/c1-6-8-17-10-15-7-9-18(11-15)12-16(13(2)3)14(4)5/h13-17H,6-12H2,1-5H3. The molecule has 2 heteroatoms. The summed E-state index contributed by atoms with van der Waals surface area (Å²) in [6, 6.07) is 0. The second-order valence-electron chi connectivity index (χ2n) is 6.77. The molecular weight excluding hydrogens is 220 g/mol. The van der Waals surface area contributed by atoms with Gasteiger partial charge in [-0.1, -0.05) is 34.6 Å². The second kappa shape index (κ2) is 8.16. The lowest BCUT2D eigenvalue weighted by atomic mass is 9.85. The second-order valence-corrected chi connectivity index (χ2v) is 6.77. The Labute approximate surface area is 115 Å². The summed E-state index contributed by atoms with van der Waals surface area (Å²) in [7, 11) is 0. The molecule has 1 atom stereocenters. The molecule has 1 rings (SSSR count). The third kappa shape index (κ3) is 5.27. The van der Waals surface area contributed by atoms with Crippen LogP contribution in [0.25, 0.3) is 0 Å². The van der Waals surface area contributed by atoms with Gasteiger partial charge in [0.15, 0.2) is 0 Å². The maximum atomic E-state index is 3.57.